The number of hydrogen-bond acceptors (Lipinski definition) is 3. The van der Waals surface area contributed by atoms with E-state index in [1.807, 2.05) is 60.7 Å². The number of nitrogens with zero attached hydrogens (tertiary/aromatic N) is 2. The van der Waals surface area contributed by atoms with Crippen molar-refractivity contribution >= 4 is 6.21 Å². The van der Waals surface area contributed by atoms with Crippen molar-refractivity contribution in [2.75, 3.05) is 0 Å². The first-order valence-corrected chi connectivity index (χ1v) is 7.11. The average molecular weight is 288 g/mol. The van der Waals surface area contributed by atoms with Crippen molar-refractivity contribution in [2.24, 2.45) is 4.99 Å². The van der Waals surface area contributed by atoms with Gasteiger partial charge in [0.05, 0.1) is 5.69 Å². The predicted octanol–water partition coefficient (Wildman–Crippen LogP) is 4.00. The molecule has 3 rings (SSSR count). The van der Waals surface area contributed by atoms with E-state index in [0.29, 0.717) is 5.56 Å². The molecule has 3 heteroatoms. The first-order valence-electron chi connectivity index (χ1n) is 7.11. The van der Waals surface area contributed by atoms with Gasteiger partial charge in [-0.3, -0.25) is 9.98 Å². The molecule has 1 atom stereocenters. The van der Waals surface area contributed by atoms with E-state index in [1.54, 1.807) is 24.5 Å². The summed E-state index contributed by atoms with van der Waals surface area (Å²) in [5.41, 5.74) is 2.63. The summed E-state index contributed by atoms with van der Waals surface area (Å²) in [6.07, 6.45) is 3.46. The first kappa shape index (κ1) is 14.0. The van der Waals surface area contributed by atoms with Crippen molar-refractivity contribution in [1.29, 1.82) is 0 Å². The molecule has 0 radical (unpaired) electrons. The number of phenols is 1. The highest BCUT2D eigenvalue weighted by molar-refractivity contribution is 5.83. The summed E-state index contributed by atoms with van der Waals surface area (Å²) < 4.78 is 0. The Morgan fingerprint density at radius 1 is 0.864 bits per heavy atom. The van der Waals surface area contributed by atoms with Crippen molar-refractivity contribution in [3.8, 4) is 5.75 Å². The van der Waals surface area contributed by atoms with Crippen LogP contribution in [-0.2, 0) is 0 Å². The van der Waals surface area contributed by atoms with Crippen LogP contribution in [-0.4, -0.2) is 16.3 Å². The van der Waals surface area contributed by atoms with Crippen LogP contribution in [0.3, 0.4) is 0 Å². The Hall–Kier alpha value is -2.94. The lowest BCUT2D eigenvalue weighted by molar-refractivity contribution is 0.474. The molecule has 3 aromatic rings. The number of phenolic OH excluding ortho intramolecular Hbond substituents is 1. The molecule has 0 aliphatic heterocycles. The van der Waals surface area contributed by atoms with Crippen molar-refractivity contribution in [3.05, 3.63) is 95.8 Å². The molecule has 3 nitrogen and oxygen atoms in total. The van der Waals surface area contributed by atoms with Gasteiger partial charge >= 0.3 is 0 Å². The van der Waals surface area contributed by atoms with Gasteiger partial charge in [-0.2, -0.15) is 0 Å². The molecular weight excluding hydrogens is 272 g/mol. The lowest BCUT2D eigenvalue weighted by atomic mass is 10.0. The topological polar surface area (TPSA) is 45.5 Å². The third kappa shape index (κ3) is 3.20. The molecule has 0 saturated carbocycles. The number of aliphatic imine (C=N–C) groups is 1. The van der Waals surface area contributed by atoms with Crippen molar-refractivity contribution in [1.82, 2.24) is 4.98 Å². The van der Waals surface area contributed by atoms with Crippen LogP contribution in [0.4, 0.5) is 0 Å². The summed E-state index contributed by atoms with van der Waals surface area (Å²) in [5, 5.41) is 9.86. The zero-order chi connectivity index (χ0) is 15.2. The highest BCUT2D eigenvalue weighted by Crippen LogP contribution is 2.24. The molecule has 0 saturated heterocycles. The summed E-state index contributed by atoms with van der Waals surface area (Å²) in [5.74, 6) is 0.221. The van der Waals surface area contributed by atoms with Crippen LogP contribution in [0.15, 0.2) is 84.0 Å². The van der Waals surface area contributed by atoms with Gasteiger partial charge in [-0.05, 0) is 29.8 Å². The Morgan fingerprint density at radius 3 is 2.32 bits per heavy atom. The molecule has 0 aliphatic carbocycles. The molecule has 2 aromatic carbocycles. The van der Waals surface area contributed by atoms with Gasteiger partial charge in [0.25, 0.3) is 0 Å². The number of para-hydroxylation sites is 1. The van der Waals surface area contributed by atoms with Gasteiger partial charge in [0.15, 0.2) is 0 Å². The van der Waals surface area contributed by atoms with Crippen LogP contribution in [0.5, 0.6) is 5.75 Å². The second kappa shape index (κ2) is 6.68. The van der Waals surface area contributed by atoms with Crippen LogP contribution in [0.1, 0.15) is 22.9 Å². The zero-order valence-electron chi connectivity index (χ0n) is 12.0. The number of pyridine rings is 1. The highest BCUT2D eigenvalue weighted by atomic mass is 16.3. The van der Waals surface area contributed by atoms with Crippen molar-refractivity contribution in [2.45, 2.75) is 6.04 Å². The van der Waals surface area contributed by atoms with Crippen molar-refractivity contribution < 1.29 is 5.11 Å². The molecule has 0 fully saturated rings. The second-order valence-corrected chi connectivity index (χ2v) is 4.90. The van der Waals surface area contributed by atoms with Gasteiger partial charge in [0.2, 0.25) is 0 Å². The molecule has 1 aromatic heterocycles. The Balaban J connectivity index is 1.98. The summed E-state index contributed by atoms with van der Waals surface area (Å²) in [4.78, 5) is 9.06. The Labute approximate surface area is 129 Å². The van der Waals surface area contributed by atoms with E-state index in [9.17, 15) is 5.11 Å². The molecule has 108 valence electrons. The zero-order valence-corrected chi connectivity index (χ0v) is 12.0. The molecule has 0 bridgehead atoms. The van der Waals surface area contributed by atoms with Crippen LogP contribution >= 0.6 is 0 Å². The van der Waals surface area contributed by atoms with Crippen LogP contribution in [0.2, 0.25) is 0 Å². The fourth-order valence-electron chi connectivity index (χ4n) is 2.26. The molecule has 1 N–H and O–H groups in total. The minimum atomic E-state index is -0.193. The predicted molar refractivity (Wildman–Crippen MR) is 88.2 cm³/mol. The van der Waals surface area contributed by atoms with E-state index in [2.05, 4.69) is 9.98 Å². The monoisotopic (exact) mass is 288 g/mol. The number of aromatic nitrogens is 1. The van der Waals surface area contributed by atoms with Crippen molar-refractivity contribution in [3.63, 3.8) is 0 Å². The maximum absolute atomic E-state index is 9.86. The third-order valence-corrected chi connectivity index (χ3v) is 3.38. The first-order chi connectivity index (χ1) is 10.8. The molecular formula is C19H16N2O. The van der Waals surface area contributed by atoms with Crippen LogP contribution in [0, 0.1) is 0 Å². The SMILES string of the molecule is Oc1ccccc1C=NC(c1ccccc1)c1ccccn1. The standard InChI is InChI=1S/C19H16N2O/c22-18-12-5-4-10-16(18)14-21-19(15-8-2-1-3-9-15)17-11-6-7-13-20-17/h1-14,19,22H. The minimum absolute atomic E-state index is 0.193. The number of rotatable bonds is 4. The maximum atomic E-state index is 9.86. The second-order valence-electron chi connectivity index (χ2n) is 4.90. The van der Waals surface area contributed by atoms with Gasteiger partial charge in [-0.1, -0.05) is 48.5 Å². The molecule has 0 amide bonds. The Bertz CT molecular complexity index is 715. The summed E-state index contributed by atoms with van der Waals surface area (Å²) in [6.45, 7) is 0. The average Bonchev–Trinajstić information content (AvgIpc) is 2.59. The van der Waals surface area contributed by atoms with E-state index in [4.69, 9.17) is 0 Å². The van der Waals surface area contributed by atoms with Gasteiger partial charge in [0.1, 0.15) is 11.8 Å². The summed E-state index contributed by atoms with van der Waals surface area (Å²) in [7, 11) is 0. The molecule has 22 heavy (non-hydrogen) atoms. The normalized spacial score (nSPS) is 12.4. The minimum Gasteiger partial charge on any atom is -0.507 e. The van der Waals surface area contributed by atoms with Gasteiger partial charge in [-0.25, -0.2) is 0 Å². The number of aromatic hydroxyl groups is 1. The van der Waals surface area contributed by atoms with E-state index in [1.165, 1.54) is 0 Å². The smallest absolute Gasteiger partial charge is 0.124 e. The maximum Gasteiger partial charge on any atom is 0.124 e. The Kier molecular flexibility index (Phi) is 4.25. The third-order valence-electron chi connectivity index (χ3n) is 3.38. The fraction of sp³-hybridized carbons (Fsp3) is 0.0526. The van der Waals surface area contributed by atoms with Crippen LogP contribution in [0.25, 0.3) is 0 Å². The summed E-state index contributed by atoms with van der Waals surface area (Å²) in [6, 6.07) is 22.8. The summed E-state index contributed by atoms with van der Waals surface area (Å²) >= 11 is 0. The number of benzene rings is 2. The molecule has 1 unspecified atom stereocenters. The van der Waals surface area contributed by atoms with Gasteiger partial charge in [0, 0.05) is 18.0 Å². The quantitative estimate of drug-likeness (QED) is 0.738. The van der Waals surface area contributed by atoms with E-state index in [0.717, 1.165) is 11.3 Å². The lowest BCUT2D eigenvalue weighted by Gasteiger charge is -2.12. The highest BCUT2D eigenvalue weighted by Gasteiger charge is 2.13. The molecule has 0 aliphatic rings. The largest absolute Gasteiger partial charge is 0.507 e. The molecule has 1 heterocycles. The van der Waals surface area contributed by atoms with E-state index >= 15 is 0 Å². The molecule has 0 spiro atoms. The Morgan fingerprint density at radius 2 is 1.59 bits per heavy atom. The van der Waals surface area contributed by atoms with E-state index in [-0.39, 0.29) is 11.8 Å². The van der Waals surface area contributed by atoms with Gasteiger partial charge in [-0.15, -0.1) is 0 Å². The number of hydrogen-bond donors (Lipinski definition) is 1. The van der Waals surface area contributed by atoms with E-state index < -0.39 is 0 Å². The fourth-order valence-corrected chi connectivity index (χ4v) is 2.26. The van der Waals surface area contributed by atoms with Crippen LogP contribution < -0.4 is 0 Å². The van der Waals surface area contributed by atoms with Gasteiger partial charge < -0.3 is 5.11 Å². The lowest BCUT2D eigenvalue weighted by Crippen LogP contribution is -2.01.